The van der Waals surface area contributed by atoms with Gasteiger partial charge in [0.1, 0.15) is 5.75 Å². The second-order valence-electron chi connectivity index (χ2n) is 5.99. The monoisotopic (exact) mass is 306 g/mol. The molecular formula is C17H28N3O2+. The van der Waals surface area contributed by atoms with Crippen LogP contribution in [0.3, 0.4) is 0 Å². The Labute approximate surface area is 133 Å². The molecule has 1 aromatic carbocycles. The number of nitrogens with zero attached hydrogens (tertiary/aromatic N) is 1. The fraction of sp³-hybridized carbons (Fsp3) is 0.588. The Kier molecular flexibility index (Phi) is 6.07. The van der Waals surface area contributed by atoms with E-state index in [1.165, 1.54) is 10.6 Å². The number of nitrogens with one attached hydrogen (secondary N) is 2. The zero-order valence-corrected chi connectivity index (χ0v) is 13.9. The minimum atomic E-state index is 0.169. The third kappa shape index (κ3) is 4.63. The van der Waals surface area contributed by atoms with E-state index in [2.05, 4.69) is 36.2 Å². The van der Waals surface area contributed by atoms with Gasteiger partial charge in [-0.25, -0.2) is 0 Å². The predicted molar refractivity (Wildman–Crippen MR) is 88.7 cm³/mol. The molecule has 0 radical (unpaired) electrons. The molecule has 0 bridgehead atoms. The van der Waals surface area contributed by atoms with Gasteiger partial charge in [-0.2, -0.15) is 0 Å². The molecule has 0 spiro atoms. The van der Waals surface area contributed by atoms with Crippen molar-refractivity contribution >= 4 is 11.6 Å². The van der Waals surface area contributed by atoms with Crippen molar-refractivity contribution in [3.05, 3.63) is 24.3 Å². The largest absolute Gasteiger partial charge is 0.497 e. The SMILES string of the molecule is CC[C@H](C)NC(=O)C[NH+]1CCN(c2ccc(OC)cc2)CC1. The van der Waals surface area contributed by atoms with Crippen LogP contribution >= 0.6 is 0 Å². The van der Waals surface area contributed by atoms with Gasteiger partial charge in [0.25, 0.3) is 5.91 Å². The summed E-state index contributed by atoms with van der Waals surface area (Å²) < 4.78 is 5.19. The first-order valence-corrected chi connectivity index (χ1v) is 8.14. The molecule has 1 aliphatic rings. The van der Waals surface area contributed by atoms with Crippen molar-refractivity contribution in [3.8, 4) is 5.75 Å². The van der Waals surface area contributed by atoms with E-state index in [1.807, 2.05) is 12.1 Å². The Bertz CT molecular complexity index is 467. The second-order valence-corrected chi connectivity index (χ2v) is 5.99. The minimum absolute atomic E-state index is 0.169. The molecule has 0 unspecified atom stereocenters. The van der Waals surface area contributed by atoms with Crippen LogP contribution in [0.15, 0.2) is 24.3 Å². The van der Waals surface area contributed by atoms with Crippen LogP contribution in [-0.4, -0.2) is 51.8 Å². The molecule has 0 aliphatic carbocycles. The van der Waals surface area contributed by atoms with Crippen LogP contribution < -0.4 is 19.9 Å². The smallest absolute Gasteiger partial charge is 0.275 e. The number of amides is 1. The van der Waals surface area contributed by atoms with Crippen molar-refractivity contribution in [1.82, 2.24) is 5.32 Å². The zero-order chi connectivity index (χ0) is 15.9. The van der Waals surface area contributed by atoms with Gasteiger partial charge in [0.15, 0.2) is 6.54 Å². The number of methoxy groups -OCH3 is 1. The molecule has 22 heavy (non-hydrogen) atoms. The Hall–Kier alpha value is -1.75. The maximum atomic E-state index is 11.9. The summed E-state index contributed by atoms with van der Waals surface area (Å²) in [4.78, 5) is 15.7. The van der Waals surface area contributed by atoms with E-state index in [0.717, 1.165) is 38.3 Å². The lowest BCUT2D eigenvalue weighted by Gasteiger charge is -2.33. The zero-order valence-electron chi connectivity index (χ0n) is 13.9. The summed E-state index contributed by atoms with van der Waals surface area (Å²) in [6.45, 7) is 8.69. The van der Waals surface area contributed by atoms with Gasteiger partial charge in [-0.1, -0.05) is 6.92 Å². The molecule has 122 valence electrons. The Morgan fingerprint density at radius 1 is 1.32 bits per heavy atom. The predicted octanol–water partition coefficient (Wildman–Crippen LogP) is 0.315. The Balaban J connectivity index is 1.78. The summed E-state index contributed by atoms with van der Waals surface area (Å²) in [5, 5.41) is 3.05. The summed E-state index contributed by atoms with van der Waals surface area (Å²) in [5.41, 5.74) is 1.23. The summed E-state index contributed by atoms with van der Waals surface area (Å²) in [6, 6.07) is 8.45. The topological polar surface area (TPSA) is 46.0 Å². The van der Waals surface area contributed by atoms with E-state index < -0.39 is 0 Å². The second kappa shape index (κ2) is 8.03. The molecule has 1 fully saturated rings. The van der Waals surface area contributed by atoms with Crippen molar-refractivity contribution in [3.63, 3.8) is 0 Å². The molecule has 5 nitrogen and oxygen atoms in total. The van der Waals surface area contributed by atoms with Crippen molar-refractivity contribution in [1.29, 1.82) is 0 Å². The molecule has 1 atom stereocenters. The number of piperazine rings is 1. The van der Waals surface area contributed by atoms with Gasteiger partial charge in [0.2, 0.25) is 0 Å². The molecule has 2 N–H and O–H groups in total. The van der Waals surface area contributed by atoms with E-state index in [9.17, 15) is 4.79 Å². The number of carbonyl (C=O) groups excluding carboxylic acids is 1. The van der Waals surface area contributed by atoms with Crippen molar-refractivity contribution in [2.24, 2.45) is 0 Å². The number of quaternary nitrogens is 1. The number of anilines is 1. The maximum absolute atomic E-state index is 11.9. The molecule has 2 rings (SSSR count). The van der Waals surface area contributed by atoms with Gasteiger partial charge < -0.3 is 19.9 Å². The van der Waals surface area contributed by atoms with Gasteiger partial charge in [-0.05, 0) is 37.6 Å². The quantitative estimate of drug-likeness (QED) is 0.795. The molecule has 0 aromatic heterocycles. The van der Waals surface area contributed by atoms with Crippen molar-refractivity contribution < 1.29 is 14.4 Å². The molecule has 1 aliphatic heterocycles. The standard InChI is InChI=1S/C17H27N3O2/c1-4-14(2)18-17(21)13-19-9-11-20(12-10-19)15-5-7-16(22-3)8-6-15/h5-8,14H,4,9-13H2,1-3H3,(H,18,21)/p+1/t14-/m0/s1. The molecule has 1 saturated heterocycles. The van der Waals surface area contributed by atoms with Gasteiger partial charge in [-0.3, -0.25) is 4.79 Å². The van der Waals surface area contributed by atoms with Crippen LogP contribution in [0, 0.1) is 0 Å². The molecule has 1 amide bonds. The van der Waals surface area contributed by atoms with Crippen LogP contribution in [-0.2, 0) is 4.79 Å². The van der Waals surface area contributed by atoms with Gasteiger partial charge >= 0.3 is 0 Å². The lowest BCUT2D eigenvalue weighted by atomic mass is 10.2. The molecule has 1 heterocycles. The van der Waals surface area contributed by atoms with Crippen LogP contribution in [0.25, 0.3) is 0 Å². The first-order valence-electron chi connectivity index (χ1n) is 8.14. The molecular weight excluding hydrogens is 278 g/mol. The number of carbonyl (C=O) groups is 1. The lowest BCUT2D eigenvalue weighted by molar-refractivity contribution is -0.892. The summed E-state index contributed by atoms with van der Waals surface area (Å²) in [7, 11) is 1.68. The fourth-order valence-electron chi connectivity index (χ4n) is 2.71. The van der Waals surface area contributed by atoms with Crippen LogP contribution in [0.1, 0.15) is 20.3 Å². The molecule has 0 saturated carbocycles. The first kappa shape index (κ1) is 16.6. The number of ether oxygens (including phenoxy) is 1. The highest BCUT2D eigenvalue weighted by Crippen LogP contribution is 2.18. The van der Waals surface area contributed by atoms with Gasteiger partial charge in [0, 0.05) is 11.7 Å². The average molecular weight is 306 g/mol. The summed E-state index contributed by atoms with van der Waals surface area (Å²) in [6.07, 6.45) is 0.978. The Morgan fingerprint density at radius 2 is 1.95 bits per heavy atom. The maximum Gasteiger partial charge on any atom is 0.275 e. The highest BCUT2D eigenvalue weighted by atomic mass is 16.5. The number of hydrogen-bond donors (Lipinski definition) is 2. The summed E-state index contributed by atoms with van der Waals surface area (Å²) in [5.74, 6) is 1.05. The van der Waals surface area contributed by atoms with E-state index in [-0.39, 0.29) is 11.9 Å². The highest BCUT2D eigenvalue weighted by molar-refractivity contribution is 5.77. The lowest BCUT2D eigenvalue weighted by Crippen LogP contribution is -3.16. The van der Waals surface area contributed by atoms with Crippen molar-refractivity contribution in [2.75, 3.05) is 44.7 Å². The number of hydrogen-bond acceptors (Lipinski definition) is 3. The number of rotatable bonds is 6. The van der Waals surface area contributed by atoms with E-state index in [0.29, 0.717) is 6.54 Å². The average Bonchev–Trinajstić information content (AvgIpc) is 2.55. The first-order chi connectivity index (χ1) is 10.6. The normalized spacial score (nSPS) is 17.1. The third-order valence-corrected chi connectivity index (χ3v) is 4.34. The van der Waals surface area contributed by atoms with E-state index in [4.69, 9.17) is 4.74 Å². The number of benzene rings is 1. The van der Waals surface area contributed by atoms with Crippen LogP contribution in [0.2, 0.25) is 0 Å². The molecule has 1 aromatic rings. The van der Waals surface area contributed by atoms with Gasteiger partial charge in [0.05, 0.1) is 33.3 Å². The van der Waals surface area contributed by atoms with Gasteiger partial charge in [-0.15, -0.1) is 0 Å². The molecule has 5 heteroatoms. The fourth-order valence-corrected chi connectivity index (χ4v) is 2.71. The van der Waals surface area contributed by atoms with E-state index in [1.54, 1.807) is 7.11 Å². The van der Waals surface area contributed by atoms with Crippen LogP contribution in [0.5, 0.6) is 5.75 Å². The summed E-state index contributed by atoms with van der Waals surface area (Å²) >= 11 is 0. The van der Waals surface area contributed by atoms with E-state index >= 15 is 0 Å². The van der Waals surface area contributed by atoms with Crippen LogP contribution in [0.4, 0.5) is 5.69 Å². The minimum Gasteiger partial charge on any atom is -0.497 e. The Morgan fingerprint density at radius 3 is 2.50 bits per heavy atom. The third-order valence-electron chi connectivity index (χ3n) is 4.34. The highest BCUT2D eigenvalue weighted by Gasteiger charge is 2.22. The van der Waals surface area contributed by atoms with Crippen molar-refractivity contribution in [2.45, 2.75) is 26.3 Å².